The lowest BCUT2D eigenvalue weighted by molar-refractivity contribution is -0.116. The molecule has 0 aliphatic carbocycles. The zero-order valence-electron chi connectivity index (χ0n) is 20.2. The molecule has 1 saturated heterocycles. The topological polar surface area (TPSA) is 81.2 Å². The van der Waals surface area contributed by atoms with Crippen LogP contribution in [-0.4, -0.2) is 56.0 Å². The van der Waals surface area contributed by atoms with Crippen LogP contribution in [-0.2, 0) is 20.4 Å². The zero-order chi connectivity index (χ0) is 25.2. The van der Waals surface area contributed by atoms with E-state index < -0.39 is 15.6 Å². The Kier molecular flexibility index (Phi) is 7.32. The predicted octanol–water partition coefficient (Wildman–Crippen LogP) is 3.91. The van der Waals surface area contributed by atoms with Gasteiger partial charge in [-0.2, -0.15) is 4.31 Å². The van der Waals surface area contributed by atoms with Gasteiger partial charge >= 0.3 is 0 Å². The van der Waals surface area contributed by atoms with E-state index in [-0.39, 0.29) is 18.5 Å². The first-order valence-corrected chi connectivity index (χ1v) is 13.9. The SMILES string of the molecule is CC(=O)N(C[C@H]1CN(S(=O)(=O)c2cccs2)CCN1c1ccc(C(C)(C)O)cc1)c1ccccc1. The van der Waals surface area contributed by atoms with Gasteiger partial charge in [-0.25, -0.2) is 8.42 Å². The second-order valence-electron chi connectivity index (χ2n) is 9.21. The summed E-state index contributed by atoms with van der Waals surface area (Å²) in [5.74, 6) is -0.105. The van der Waals surface area contributed by atoms with Crippen molar-refractivity contribution < 1.29 is 18.3 Å². The highest BCUT2D eigenvalue weighted by molar-refractivity contribution is 7.91. The molecule has 1 aromatic heterocycles. The van der Waals surface area contributed by atoms with Gasteiger partial charge in [-0.15, -0.1) is 11.3 Å². The van der Waals surface area contributed by atoms with Gasteiger partial charge in [0.25, 0.3) is 10.0 Å². The highest BCUT2D eigenvalue weighted by atomic mass is 32.2. The van der Waals surface area contributed by atoms with Crippen molar-refractivity contribution in [3.63, 3.8) is 0 Å². The molecule has 1 aliphatic heterocycles. The molecule has 0 spiro atoms. The van der Waals surface area contributed by atoms with Crippen LogP contribution in [0, 0.1) is 0 Å². The average molecular weight is 514 g/mol. The van der Waals surface area contributed by atoms with Gasteiger partial charge in [0.1, 0.15) is 4.21 Å². The van der Waals surface area contributed by atoms with E-state index in [1.165, 1.54) is 22.6 Å². The third-order valence-electron chi connectivity index (χ3n) is 6.28. The molecule has 1 atom stereocenters. The first-order chi connectivity index (χ1) is 16.6. The third-order valence-corrected chi connectivity index (χ3v) is 9.52. The lowest BCUT2D eigenvalue weighted by atomic mass is 9.98. The zero-order valence-corrected chi connectivity index (χ0v) is 21.8. The maximum absolute atomic E-state index is 13.3. The number of para-hydroxylation sites is 1. The Morgan fingerprint density at radius 3 is 2.31 bits per heavy atom. The second-order valence-corrected chi connectivity index (χ2v) is 12.3. The largest absolute Gasteiger partial charge is 0.386 e. The summed E-state index contributed by atoms with van der Waals surface area (Å²) in [7, 11) is -3.62. The highest BCUT2D eigenvalue weighted by Gasteiger charge is 2.36. The summed E-state index contributed by atoms with van der Waals surface area (Å²) in [6.45, 7) is 6.42. The van der Waals surface area contributed by atoms with E-state index >= 15 is 0 Å². The van der Waals surface area contributed by atoms with Gasteiger partial charge in [0, 0.05) is 44.5 Å². The van der Waals surface area contributed by atoms with Crippen LogP contribution in [0.3, 0.4) is 0 Å². The maximum atomic E-state index is 13.3. The van der Waals surface area contributed by atoms with Crippen LogP contribution in [0.2, 0.25) is 0 Å². The minimum absolute atomic E-state index is 0.105. The molecule has 1 aliphatic rings. The molecule has 1 fully saturated rings. The Labute approximate surface area is 211 Å². The fourth-order valence-electron chi connectivity index (χ4n) is 4.37. The molecule has 3 aromatic rings. The van der Waals surface area contributed by atoms with Crippen molar-refractivity contribution in [1.82, 2.24) is 4.31 Å². The molecule has 0 radical (unpaired) electrons. The first-order valence-electron chi connectivity index (χ1n) is 11.5. The first kappa shape index (κ1) is 25.4. The lowest BCUT2D eigenvalue weighted by Crippen LogP contribution is -2.58. The summed E-state index contributed by atoms with van der Waals surface area (Å²) in [5.41, 5.74) is 1.54. The summed E-state index contributed by atoms with van der Waals surface area (Å²) in [6.07, 6.45) is 0. The number of nitrogens with zero attached hydrogens (tertiary/aromatic N) is 3. The number of anilines is 2. The van der Waals surface area contributed by atoms with Gasteiger partial charge in [0.05, 0.1) is 11.6 Å². The van der Waals surface area contributed by atoms with E-state index in [0.29, 0.717) is 23.8 Å². The van der Waals surface area contributed by atoms with Crippen molar-refractivity contribution in [2.75, 3.05) is 36.0 Å². The number of thiophene rings is 1. The number of hydrogen-bond donors (Lipinski definition) is 1. The maximum Gasteiger partial charge on any atom is 0.252 e. The van der Waals surface area contributed by atoms with E-state index in [2.05, 4.69) is 4.90 Å². The third kappa shape index (κ3) is 5.59. The molecule has 0 bridgehead atoms. The van der Waals surface area contributed by atoms with Gasteiger partial charge in [-0.3, -0.25) is 4.79 Å². The molecule has 1 amide bonds. The number of hydrogen-bond acceptors (Lipinski definition) is 6. The molecule has 4 rings (SSSR count). The van der Waals surface area contributed by atoms with Gasteiger partial charge in [0.2, 0.25) is 5.91 Å². The van der Waals surface area contributed by atoms with Gasteiger partial charge in [-0.1, -0.05) is 36.4 Å². The Bertz CT molecular complexity index is 1240. The van der Waals surface area contributed by atoms with Crippen molar-refractivity contribution in [3.8, 4) is 0 Å². The monoisotopic (exact) mass is 513 g/mol. The molecule has 9 heteroatoms. The average Bonchev–Trinajstić information content (AvgIpc) is 3.38. The molecular formula is C26H31N3O4S2. The molecule has 35 heavy (non-hydrogen) atoms. The summed E-state index contributed by atoms with van der Waals surface area (Å²) in [4.78, 5) is 16.5. The van der Waals surface area contributed by atoms with Crippen LogP contribution in [0.1, 0.15) is 26.3 Å². The van der Waals surface area contributed by atoms with Crippen LogP contribution in [0.15, 0.2) is 76.3 Å². The minimum atomic E-state index is -3.62. The standard InChI is InChI=1S/C26H31N3O4S2/c1-20(30)29(22-8-5-4-6-9-22)19-24-18-27(35(32,33)25-10-7-17-34-25)15-16-28(24)23-13-11-21(12-14-23)26(2,3)31/h4-14,17,24,31H,15-16,18-19H2,1-3H3/t24-/m1/s1. The Morgan fingerprint density at radius 1 is 1.06 bits per heavy atom. The van der Waals surface area contributed by atoms with E-state index in [0.717, 1.165) is 16.9 Å². The van der Waals surface area contributed by atoms with Crippen molar-refractivity contribution in [2.45, 2.75) is 36.6 Å². The Hall–Kier alpha value is -2.72. The fourth-order valence-corrected chi connectivity index (χ4v) is 6.99. The molecule has 1 N–H and O–H groups in total. The smallest absolute Gasteiger partial charge is 0.252 e. The molecule has 2 heterocycles. The number of sulfonamides is 1. The highest BCUT2D eigenvalue weighted by Crippen LogP contribution is 2.29. The number of rotatable bonds is 7. The predicted molar refractivity (Wildman–Crippen MR) is 140 cm³/mol. The quantitative estimate of drug-likeness (QED) is 0.518. The minimum Gasteiger partial charge on any atom is -0.386 e. The molecule has 186 valence electrons. The van der Waals surface area contributed by atoms with Crippen LogP contribution in [0.5, 0.6) is 0 Å². The number of carbonyl (C=O) groups excluding carboxylic acids is 1. The van der Waals surface area contributed by atoms with Crippen LogP contribution in [0.4, 0.5) is 11.4 Å². The molecular weight excluding hydrogens is 482 g/mol. The molecule has 0 unspecified atom stereocenters. The van der Waals surface area contributed by atoms with Crippen molar-refractivity contribution in [2.24, 2.45) is 0 Å². The van der Waals surface area contributed by atoms with Gasteiger partial charge in [-0.05, 0) is 55.1 Å². The summed E-state index contributed by atoms with van der Waals surface area (Å²) >= 11 is 1.21. The van der Waals surface area contributed by atoms with E-state index in [9.17, 15) is 18.3 Å². The van der Waals surface area contributed by atoms with Crippen molar-refractivity contribution in [1.29, 1.82) is 0 Å². The van der Waals surface area contributed by atoms with Gasteiger partial charge in [0.15, 0.2) is 0 Å². The van der Waals surface area contributed by atoms with Crippen LogP contribution < -0.4 is 9.80 Å². The van der Waals surface area contributed by atoms with E-state index in [1.807, 2.05) is 54.6 Å². The summed E-state index contributed by atoms with van der Waals surface area (Å²) < 4.78 is 28.4. The van der Waals surface area contributed by atoms with E-state index in [4.69, 9.17) is 0 Å². The second kappa shape index (κ2) is 10.1. The normalized spacial score (nSPS) is 17.4. The van der Waals surface area contributed by atoms with Crippen LogP contribution >= 0.6 is 11.3 Å². The Morgan fingerprint density at radius 2 is 1.74 bits per heavy atom. The number of piperazine rings is 1. The fraction of sp³-hybridized carbons (Fsp3) is 0.346. The molecule has 0 saturated carbocycles. The number of carbonyl (C=O) groups is 1. The number of benzene rings is 2. The number of amides is 1. The van der Waals surface area contributed by atoms with E-state index in [1.54, 1.807) is 36.3 Å². The summed E-state index contributed by atoms with van der Waals surface area (Å²) in [6, 6.07) is 20.2. The van der Waals surface area contributed by atoms with Crippen molar-refractivity contribution in [3.05, 3.63) is 77.7 Å². The molecule has 7 nitrogen and oxygen atoms in total. The number of aliphatic hydroxyl groups is 1. The Balaban J connectivity index is 1.67. The van der Waals surface area contributed by atoms with Crippen molar-refractivity contribution >= 4 is 38.6 Å². The lowest BCUT2D eigenvalue weighted by Gasteiger charge is -2.43. The summed E-state index contributed by atoms with van der Waals surface area (Å²) in [5, 5.41) is 12.1. The molecule has 2 aromatic carbocycles. The van der Waals surface area contributed by atoms with Gasteiger partial charge < -0.3 is 14.9 Å². The van der Waals surface area contributed by atoms with Crippen LogP contribution in [0.25, 0.3) is 0 Å².